The van der Waals surface area contributed by atoms with Crippen LogP contribution in [-0.2, 0) is 0 Å². The van der Waals surface area contributed by atoms with Crippen molar-refractivity contribution in [2.24, 2.45) is 5.10 Å². The summed E-state index contributed by atoms with van der Waals surface area (Å²) in [5.74, 6) is 3.19. The first-order valence-electron chi connectivity index (χ1n) is 14.2. The maximum atomic E-state index is 6.36. The first-order valence-corrected chi connectivity index (χ1v) is 14.2. The summed E-state index contributed by atoms with van der Waals surface area (Å²) in [5.41, 5.74) is 6.22. The van der Waals surface area contributed by atoms with Gasteiger partial charge in [-0.25, -0.2) is 15.0 Å². The Bertz CT molecular complexity index is 1560. The summed E-state index contributed by atoms with van der Waals surface area (Å²) in [7, 11) is 0. The smallest absolute Gasteiger partial charge is 0.155 e. The third kappa shape index (κ3) is 4.90. The molecule has 3 aliphatic rings. The van der Waals surface area contributed by atoms with Crippen molar-refractivity contribution >= 4 is 34.3 Å². The molecule has 1 unspecified atom stereocenters. The summed E-state index contributed by atoms with van der Waals surface area (Å²) in [6.45, 7) is 10.00. The van der Waals surface area contributed by atoms with E-state index in [9.17, 15) is 0 Å². The summed E-state index contributed by atoms with van der Waals surface area (Å²) in [6, 6.07) is 10.8. The van der Waals surface area contributed by atoms with Crippen molar-refractivity contribution in [2.45, 2.75) is 59.4 Å². The van der Waals surface area contributed by atoms with E-state index in [2.05, 4.69) is 64.3 Å². The van der Waals surface area contributed by atoms with Gasteiger partial charge in [0, 0.05) is 30.7 Å². The maximum Gasteiger partial charge on any atom is 0.155 e. The molecule has 8 nitrogen and oxygen atoms in total. The van der Waals surface area contributed by atoms with Gasteiger partial charge in [-0.3, -0.25) is 0 Å². The first-order chi connectivity index (χ1) is 19.6. The number of nitrogens with one attached hydrogen (secondary N) is 1. The number of fused-ring (bicyclic) bond motifs is 5. The largest absolute Gasteiger partial charge is 0.488 e. The van der Waals surface area contributed by atoms with Crippen LogP contribution in [0.5, 0.6) is 11.5 Å². The fraction of sp³-hybridized carbons (Fsp3) is 0.344. The van der Waals surface area contributed by atoms with Gasteiger partial charge in [0.25, 0.3) is 0 Å². The van der Waals surface area contributed by atoms with E-state index < -0.39 is 0 Å². The van der Waals surface area contributed by atoms with Crippen LogP contribution in [0.1, 0.15) is 52.0 Å². The van der Waals surface area contributed by atoms with Gasteiger partial charge in [0.15, 0.2) is 5.75 Å². The van der Waals surface area contributed by atoms with E-state index in [1.165, 1.54) is 24.8 Å². The maximum absolute atomic E-state index is 6.36. The zero-order chi connectivity index (χ0) is 27.6. The summed E-state index contributed by atoms with van der Waals surface area (Å²) >= 11 is 0. The van der Waals surface area contributed by atoms with Crippen LogP contribution in [-0.4, -0.2) is 40.4 Å². The lowest BCUT2D eigenvalue weighted by atomic mass is 9.99. The van der Waals surface area contributed by atoms with E-state index >= 15 is 0 Å². The van der Waals surface area contributed by atoms with Crippen LogP contribution in [0.4, 0.5) is 17.2 Å². The summed E-state index contributed by atoms with van der Waals surface area (Å²) in [6.07, 6.45) is 13.9. The molecule has 206 valence electrons. The molecule has 2 aromatic carbocycles. The van der Waals surface area contributed by atoms with Gasteiger partial charge in [0.05, 0.1) is 28.3 Å². The van der Waals surface area contributed by atoms with E-state index in [1.54, 1.807) is 12.5 Å². The minimum absolute atomic E-state index is 0.448. The van der Waals surface area contributed by atoms with Crippen LogP contribution < -0.4 is 19.7 Å². The van der Waals surface area contributed by atoms with E-state index in [-0.39, 0.29) is 0 Å². The third-order valence-corrected chi connectivity index (χ3v) is 7.87. The van der Waals surface area contributed by atoms with Crippen molar-refractivity contribution in [3.8, 4) is 11.5 Å². The van der Waals surface area contributed by atoms with E-state index in [0.29, 0.717) is 12.6 Å². The minimum Gasteiger partial charge on any atom is -0.488 e. The van der Waals surface area contributed by atoms with E-state index in [1.807, 2.05) is 42.4 Å². The Morgan fingerprint density at radius 1 is 1.23 bits per heavy atom. The molecule has 0 aliphatic carbocycles. The van der Waals surface area contributed by atoms with Gasteiger partial charge in [0.2, 0.25) is 0 Å². The molecule has 3 aromatic rings. The highest BCUT2D eigenvalue weighted by molar-refractivity contribution is 6.00. The summed E-state index contributed by atoms with van der Waals surface area (Å²) < 4.78 is 12.7. The summed E-state index contributed by atoms with van der Waals surface area (Å²) in [4.78, 5) is 11.7. The zero-order valence-corrected chi connectivity index (χ0v) is 23.6. The molecule has 0 saturated carbocycles. The number of hydrogen-bond donors (Lipinski definition) is 1. The molecular formula is C32H36N6O2. The average Bonchev–Trinajstić information content (AvgIpc) is 2.98. The highest BCUT2D eigenvalue weighted by atomic mass is 16.5. The quantitative estimate of drug-likeness (QED) is 0.334. The average molecular weight is 537 g/mol. The monoisotopic (exact) mass is 536 g/mol. The van der Waals surface area contributed by atoms with Gasteiger partial charge in [0.1, 0.15) is 30.3 Å². The number of allylic oxidation sites excluding steroid dienone is 3. The second-order valence-corrected chi connectivity index (χ2v) is 10.5. The molecular weight excluding hydrogens is 500 g/mol. The second-order valence-electron chi connectivity index (χ2n) is 10.5. The Labute approximate surface area is 235 Å². The van der Waals surface area contributed by atoms with Gasteiger partial charge >= 0.3 is 0 Å². The third-order valence-electron chi connectivity index (χ3n) is 7.87. The highest BCUT2D eigenvalue weighted by Crippen LogP contribution is 2.44. The van der Waals surface area contributed by atoms with Crippen molar-refractivity contribution in [2.75, 3.05) is 23.4 Å². The summed E-state index contributed by atoms with van der Waals surface area (Å²) in [5, 5.41) is 10.8. The predicted octanol–water partition coefficient (Wildman–Crippen LogP) is 7.21. The molecule has 0 spiro atoms. The molecule has 1 atom stereocenters. The lowest BCUT2D eigenvalue weighted by molar-refractivity contribution is 0.243. The molecule has 0 bridgehead atoms. The standard InChI is InChI=1S/C32H36N6O2/c1-5-21(3)28-18-25(14-16-38(28)35-6-2)40-29-13-10-23(17-22(29)4)36-32-30-26(33-20-34-32)11-12-27-31(30)39-19-24-9-7-8-15-37(24)27/h6,10-14,16-18,20,24H,5,7-9,15,19H2,1-4H3,(H,33,34,36)/b28-21-,35-6-. The lowest BCUT2D eigenvalue weighted by Gasteiger charge is -2.42. The van der Waals surface area contributed by atoms with Gasteiger partial charge in [-0.2, -0.15) is 5.10 Å². The van der Waals surface area contributed by atoms with Crippen molar-refractivity contribution < 1.29 is 9.47 Å². The number of nitrogens with zero attached hydrogens (tertiary/aromatic N) is 5. The number of rotatable bonds is 6. The Morgan fingerprint density at radius 3 is 2.95 bits per heavy atom. The normalized spacial score (nSPS) is 19.7. The molecule has 1 N–H and O–H groups in total. The molecule has 3 aliphatic heterocycles. The van der Waals surface area contributed by atoms with Crippen LogP contribution in [0, 0.1) is 6.92 Å². The predicted molar refractivity (Wildman–Crippen MR) is 161 cm³/mol. The number of aromatic nitrogens is 2. The molecule has 40 heavy (non-hydrogen) atoms. The number of hydrogen-bond acceptors (Lipinski definition) is 8. The van der Waals surface area contributed by atoms with Crippen LogP contribution >= 0.6 is 0 Å². The molecule has 0 radical (unpaired) electrons. The van der Waals surface area contributed by atoms with Gasteiger partial charge < -0.3 is 19.7 Å². The van der Waals surface area contributed by atoms with Crippen molar-refractivity contribution in [3.05, 3.63) is 77.6 Å². The highest BCUT2D eigenvalue weighted by Gasteiger charge is 2.31. The Hall–Kier alpha value is -4.33. The zero-order valence-electron chi connectivity index (χ0n) is 23.6. The number of hydrazone groups is 1. The van der Waals surface area contributed by atoms with Crippen molar-refractivity contribution in [1.82, 2.24) is 15.0 Å². The molecule has 6 rings (SSSR count). The first kappa shape index (κ1) is 25.9. The minimum atomic E-state index is 0.448. The van der Waals surface area contributed by atoms with Crippen LogP contribution in [0.3, 0.4) is 0 Å². The number of aryl methyl sites for hydroxylation is 1. The molecule has 1 saturated heterocycles. The molecule has 4 heterocycles. The number of benzene rings is 2. The van der Waals surface area contributed by atoms with Gasteiger partial charge in [-0.1, -0.05) is 6.92 Å². The van der Waals surface area contributed by atoms with Crippen LogP contribution in [0.25, 0.3) is 10.9 Å². The number of piperidine rings is 1. The van der Waals surface area contributed by atoms with Gasteiger partial charge in [-0.15, -0.1) is 0 Å². The Morgan fingerprint density at radius 2 is 2.12 bits per heavy atom. The number of ether oxygens (including phenoxy) is 2. The molecule has 1 aromatic heterocycles. The molecule has 1 fully saturated rings. The lowest BCUT2D eigenvalue weighted by Crippen LogP contribution is -2.46. The van der Waals surface area contributed by atoms with Crippen LogP contribution in [0.2, 0.25) is 0 Å². The fourth-order valence-corrected chi connectivity index (χ4v) is 5.62. The molecule has 8 heteroatoms. The van der Waals surface area contributed by atoms with Crippen molar-refractivity contribution in [1.29, 1.82) is 0 Å². The number of anilines is 3. The van der Waals surface area contributed by atoms with E-state index in [4.69, 9.17) is 9.47 Å². The topological polar surface area (TPSA) is 75.1 Å². The SMILES string of the molecule is C/C=N\N1C=CC(Oc2ccc(Nc3ncnc4ccc5c(c34)OCC3CCCCN53)cc2C)=C/C1=C(\C)CC. The van der Waals surface area contributed by atoms with E-state index in [0.717, 1.165) is 69.6 Å². The van der Waals surface area contributed by atoms with Crippen molar-refractivity contribution in [3.63, 3.8) is 0 Å². The van der Waals surface area contributed by atoms with Gasteiger partial charge in [-0.05, 0) is 94.0 Å². The fourth-order valence-electron chi connectivity index (χ4n) is 5.62. The Balaban J connectivity index is 1.27. The molecule has 0 amide bonds. The second kappa shape index (κ2) is 11.0. The van der Waals surface area contributed by atoms with Crippen LogP contribution in [0.15, 0.2) is 77.1 Å². The Kier molecular flexibility index (Phi) is 7.15.